The highest BCUT2D eigenvalue weighted by molar-refractivity contribution is 9.10. The summed E-state index contributed by atoms with van der Waals surface area (Å²) in [5, 5.41) is 8.45. The molecule has 0 amide bonds. The molecule has 0 spiro atoms. The number of H-pyrrole nitrogens is 1. The number of nitrogens with one attached hydrogen (secondary N) is 1. The number of fused-ring (bicyclic) bond motifs is 1. The van der Waals surface area contributed by atoms with E-state index in [0.29, 0.717) is 11.3 Å². The molecule has 0 fully saturated rings. The molecule has 3 rings (SSSR count). The molecule has 0 radical (unpaired) electrons. The third kappa shape index (κ3) is 1.84. The van der Waals surface area contributed by atoms with Crippen LogP contribution in [-0.2, 0) is 0 Å². The Balaban J connectivity index is 2.24. The molecule has 0 unspecified atom stereocenters. The van der Waals surface area contributed by atoms with Gasteiger partial charge in [-0.25, -0.2) is 0 Å². The number of benzene rings is 1. The van der Waals surface area contributed by atoms with Crippen molar-refractivity contribution in [2.24, 2.45) is 0 Å². The van der Waals surface area contributed by atoms with E-state index >= 15 is 0 Å². The van der Waals surface area contributed by atoms with Crippen LogP contribution in [0.15, 0.2) is 39.6 Å². The zero-order valence-corrected chi connectivity index (χ0v) is 11.1. The molecule has 18 heavy (non-hydrogen) atoms. The van der Waals surface area contributed by atoms with Crippen molar-refractivity contribution in [3.05, 3.63) is 50.9 Å². The first-order valence-corrected chi connectivity index (χ1v) is 6.16. The van der Waals surface area contributed by atoms with Crippen LogP contribution in [0.3, 0.4) is 0 Å². The number of aromatic amines is 1. The van der Waals surface area contributed by atoms with E-state index in [2.05, 4.69) is 31.1 Å². The van der Waals surface area contributed by atoms with Crippen LogP contribution < -0.4 is 5.56 Å². The van der Waals surface area contributed by atoms with Crippen LogP contribution in [0.5, 0.6) is 0 Å². The van der Waals surface area contributed by atoms with Crippen molar-refractivity contribution in [2.45, 2.75) is 6.92 Å². The molecule has 90 valence electrons. The van der Waals surface area contributed by atoms with Gasteiger partial charge in [-0.3, -0.25) is 4.79 Å². The fraction of sp³-hybridized carbons (Fsp3) is 0.0833. The second kappa shape index (κ2) is 4.06. The van der Waals surface area contributed by atoms with E-state index < -0.39 is 0 Å². The van der Waals surface area contributed by atoms with Gasteiger partial charge in [0.2, 0.25) is 0 Å². The monoisotopic (exact) mass is 304 g/mol. The Morgan fingerprint density at radius 2 is 1.94 bits per heavy atom. The van der Waals surface area contributed by atoms with Gasteiger partial charge in [-0.2, -0.15) is 5.10 Å². The lowest BCUT2D eigenvalue weighted by molar-refractivity contribution is 0.770. The first-order chi connectivity index (χ1) is 8.63. The molecule has 0 aliphatic rings. The van der Waals surface area contributed by atoms with Gasteiger partial charge >= 0.3 is 0 Å². The summed E-state index contributed by atoms with van der Waals surface area (Å²) in [6, 6.07) is 9.26. The first-order valence-electron chi connectivity index (χ1n) is 5.36. The second-order valence-corrected chi connectivity index (χ2v) is 4.89. The Bertz CT molecular complexity index is 773. The summed E-state index contributed by atoms with van der Waals surface area (Å²) in [5.41, 5.74) is 1.86. The Morgan fingerprint density at radius 3 is 2.67 bits per heavy atom. The minimum absolute atomic E-state index is 0.191. The molecule has 2 aromatic heterocycles. The molecular formula is C12H9BrN4O. The average molecular weight is 305 g/mol. The van der Waals surface area contributed by atoms with Gasteiger partial charge in [-0.15, -0.1) is 9.73 Å². The quantitative estimate of drug-likeness (QED) is 0.749. The average Bonchev–Trinajstić information content (AvgIpc) is 2.71. The van der Waals surface area contributed by atoms with Crippen LogP contribution in [0.2, 0.25) is 0 Å². The largest absolute Gasteiger partial charge is 0.303 e. The second-order valence-electron chi connectivity index (χ2n) is 3.97. The Labute approximate surface area is 111 Å². The number of aromatic nitrogens is 4. The predicted molar refractivity (Wildman–Crippen MR) is 71.5 cm³/mol. The molecule has 0 atom stereocenters. The molecular weight excluding hydrogens is 296 g/mol. The molecule has 2 heterocycles. The summed E-state index contributed by atoms with van der Waals surface area (Å²) in [6.07, 6.45) is 0. The zero-order valence-electron chi connectivity index (χ0n) is 9.51. The van der Waals surface area contributed by atoms with Gasteiger partial charge < -0.3 is 4.98 Å². The third-order valence-corrected chi connectivity index (χ3v) is 3.12. The van der Waals surface area contributed by atoms with E-state index in [9.17, 15) is 4.79 Å². The highest BCUT2D eigenvalue weighted by atomic mass is 79.9. The van der Waals surface area contributed by atoms with Crippen molar-refractivity contribution >= 4 is 21.4 Å². The minimum Gasteiger partial charge on any atom is -0.303 e. The third-order valence-electron chi connectivity index (χ3n) is 2.59. The van der Waals surface area contributed by atoms with Gasteiger partial charge in [0.05, 0.1) is 5.69 Å². The molecule has 0 aliphatic heterocycles. The summed E-state index contributed by atoms with van der Waals surface area (Å²) in [7, 11) is 0. The van der Waals surface area contributed by atoms with Gasteiger partial charge in [0.25, 0.3) is 5.56 Å². The zero-order chi connectivity index (χ0) is 12.7. The number of aryl methyl sites for hydroxylation is 1. The van der Waals surface area contributed by atoms with E-state index in [1.807, 2.05) is 31.2 Å². The molecule has 1 N–H and O–H groups in total. The summed E-state index contributed by atoms with van der Waals surface area (Å²) < 4.78 is 2.34. The van der Waals surface area contributed by atoms with Crippen molar-refractivity contribution in [3.63, 3.8) is 0 Å². The molecule has 0 saturated carbocycles. The number of hydrogen-bond donors (Lipinski definition) is 1. The van der Waals surface area contributed by atoms with Crippen molar-refractivity contribution in [1.82, 2.24) is 19.8 Å². The van der Waals surface area contributed by atoms with Gasteiger partial charge in [0.15, 0.2) is 11.3 Å². The van der Waals surface area contributed by atoms with Crippen LogP contribution in [0, 0.1) is 6.92 Å². The van der Waals surface area contributed by atoms with Crippen LogP contribution in [0.4, 0.5) is 0 Å². The van der Waals surface area contributed by atoms with E-state index in [4.69, 9.17) is 0 Å². The van der Waals surface area contributed by atoms with Crippen LogP contribution >= 0.6 is 15.9 Å². The molecule has 1 aromatic carbocycles. The lowest BCUT2D eigenvalue weighted by Gasteiger charge is -2.01. The van der Waals surface area contributed by atoms with Crippen molar-refractivity contribution < 1.29 is 0 Å². The fourth-order valence-electron chi connectivity index (χ4n) is 1.75. The lowest BCUT2D eigenvalue weighted by Crippen LogP contribution is -2.14. The highest BCUT2D eigenvalue weighted by Gasteiger charge is 2.07. The minimum atomic E-state index is -0.191. The van der Waals surface area contributed by atoms with E-state index in [-0.39, 0.29) is 5.56 Å². The maximum absolute atomic E-state index is 11.9. The predicted octanol–water partition coefficient (Wildman–Crippen LogP) is 2.16. The molecule has 0 aliphatic carbocycles. The molecule has 5 nitrogen and oxygen atoms in total. The molecule has 0 bridgehead atoms. The molecule has 6 heteroatoms. The van der Waals surface area contributed by atoms with E-state index in [1.54, 1.807) is 6.07 Å². The van der Waals surface area contributed by atoms with Gasteiger partial charge in [0.1, 0.15) is 0 Å². The summed E-state index contributed by atoms with van der Waals surface area (Å²) in [4.78, 5) is 14.6. The molecule has 3 aromatic rings. The lowest BCUT2D eigenvalue weighted by atomic mass is 10.2. The van der Waals surface area contributed by atoms with Gasteiger partial charge in [0, 0.05) is 10.0 Å². The van der Waals surface area contributed by atoms with Crippen molar-refractivity contribution in [2.75, 3.05) is 0 Å². The Morgan fingerprint density at radius 1 is 1.22 bits per heavy atom. The number of nitrogens with zero attached hydrogens (tertiary/aromatic N) is 3. The van der Waals surface area contributed by atoms with Crippen LogP contribution in [0.1, 0.15) is 5.69 Å². The smallest absolute Gasteiger partial charge is 0.277 e. The van der Waals surface area contributed by atoms with Gasteiger partial charge in [-0.05, 0) is 25.1 Å². The first kappa shape index (κ1) is 11.2. The summed E-state index contributed by atoms with van der Waals surface area (Å²) in [5.74, 6) is 0.503. The molecule has 0 saturated heterocycles. The normalized spacial score (nSPS) is 11.0. The number of halogens is 1. The van der Waals surface area contributed by atoms with Crippen molar-refractivity contribution in [1.29, 1.82) is 0 Å². The van der Waals surface area contributed by atoms with E-state index in [1.165, 1.54) is 4.63 Å². The van der Waals surface area contributed by atoms with Crippen LogP contribution in [0.25, 0.3) is 16.9 Å². The SMILES string of the molecule is Cc1cc2c(=O)[nH]c(-c3ccc(Br)cc3)nn2n1. The highest BCUT2D eigenvalue weighted by Crippen LogP contribution is 2.17. The summed E-state index contributed by atoms with van der Waals surface area (Å²) >= 11 is 3.37. The van der Waals surface area contributed by atoms with Crippen molar-refractivity contribution in [3.8, 4) is 11.4 Å². The summed E-state index contributed by atoms with van der Waals surface area (Å²) in [6.45, 7) is 1.83. The topological polar surface area (TPSA) is 63.0 Å². The van der Waals surface area contributed by atoms with E-state index in [0.717, 1.165) is 15.7 Å². The number of hydrogen-bond acceptors (Lipinski definition) is 3. The Kier molecular flexibility index (Phi) is 2.52. The maximum atomic E-state index is 11.9. The Hall–Kier alpha value is -1.95. The fourth-order valence-corrected chi connectivity index (χ4v) is 2.01. The van der Waals surface area contributed by atoms with Crippen LogP contribution in [-0.4, -0.2) is 19.8 Å². The number of rotatable bonds is 1. The van der Waals surface area contributed by atoms with Gasteiger partial charge in [-0.1, -0.05) is 28.1 Å². The standard InChI is InChI=1S/C12H9BrN4O/c1-7-6-10-12(18)14-11(16-17(10)15-7)8-2-4-9(13)5-3-8/h2-6H,1H3,(H,14,16,18). The maximum Gasteiger partial charge on any atom is 0.277 e.